The highest BCUT2D eigenvalue weighted by Crippen LogP contribution is 2.20. The number of aromatic nitrogens is 2. The molecule has 2 aromatic heterocycles. The summed E-state index contributed by atoms with van der Waals surface area (Å²) < 4.78 is 5.37. The molecule has 112 valence electrons. The molecule has 0 fully saturated rings. The second kappa shape index (κ2) is 5.85. The molecule has 6 nitrogen and oxygen atoms in total. The van der Waals surface area contributed by atoms with E-state index in [4.69, 9.17) is 4.42 Å². The molecule has 0 bridgehead atoms. The number of carbonyl (C=O) groups is 1. The Morgan fingerprint density at radius 1 is 1.32 bits per heavy atom. The maximum absolute atomic E-state index is 12.3. The van der Waals surface area contributed by atoms with E-state index < -0.39 is 0 Å². The number of furan rings is 1. The van der Waals surface area contributed by atoms with Gasteiger partial charge in [-0.15, -0.1) is 0 Å². The molecule has 3 aromatic rings. The van der Waals surface area contributed by atoms with Crippen molar-refractivity contribution >= 4 is 17.0 Å². The molecule has 0 saturated heterocycles. The van der Waals surface area contributed by atoms with Crippen LogP contribution in [0.4, 0.5) is 0 Å². The monoisotopic (exact) mass is 297 g/mol. The van der Waals surface area contributed by atoms with Gasteiger partial charge in [-0.1, -0.05) is 30.3 Å². The van der Waals surface area contributed by atoms with Crippen molar-refractivity contribution < 1.29 is 9.21 Å². The lowest BCUT2D eigenvalue weighted by Crippen LogP contribution is -2.27. The van der Waals surface area contributed by atoms with Crippen LogP contribution in [0.3, 0.4) is 0 Å². The van der Waals surface area contributed by atoms with Crippen molar-refractivity contribution in [3.63, 3.8) is 0 Å². The maximum atomic E-state index is 12.3. The number of hydrogen-bond acceptors (Lipinski definition) is 4. The van der Waals surface area contributed by atoms with Crippen molar-refractivity contribution in [2.75, 3.05) is 6.54 Å². The summed E-state index contributed by atoms with van der Waals surface area (Å²) in [7, 11) is 0. The number of hydrogen-bond donors (Lipinski definition) is 2. The van der Waals surface area contributed by atoms with Crippen LogP contribution in [0.2, 0.25) is 0 Å². The molecular formula is C16H15N3O3. The van der Waals surface area contributed by atoms with Gasteiger partial charge in [-0.25, -0.2) is 4.98 Å². The van der Waals surface area contributed by atoms with Gasteiger partial charge in [0.25, 0.3) is 11.5 Å². The number of aryl methyl sites for hydroxylation is 1. The predicted octanol–water partition coefficient (Wildman–Crippen LogP) is 1.80. The number of aromatic amines is 1. The van der Waals surface area contributed by atoms with E-state index in [1.807, 2.05) is 30.3 Å². The number of H-pyrrole nitrogens is 1. The van der Waals surface area contributed by atoms with Crippen LogP contribution in [-0.4, -0.2) is 22.4 Å². The van der Waals surface area contributed by atoms with E-state index in [9.17, 15) is 9.59 Å². The summed E-state index contributed by atoms with van der Waals surface area (Å²) in [6.07, 6.45) is 1.97. The van der Waals surface area contributed by atoms with Gasteiger partial charge in [0.05, 0.1) is 11.9 Å². The third kappa shape index (κ3) is 2.63. The molecule has 2 N–H and O–H groups in total. The number of benzene rings is 1. The molecule has 22 heavy (non-hydrogen) atoms. The number of rotatable bonds is 4. The highest BCUT2D eigenvalue weighted by atomic mass is 16.3. The fourth-order valence-electron chi connectivity index (χ4n) is 2.38. The first kappa shape index (κ1) is 14.1. The first-order valence-electron chi connectivity index (χ1n) is 6.95. The van der Waals surface area contributed by atoms with Crippen LogP contribution in [-0.2, 0) is 6.42 Å². The molecule has 0 spiro atoms. The van der Waals surface area contributed by atoms with Gasteiger partial charge in [0.15, 0.2) is 0 Å². The zero-order valence-electron chi connectivity index (χ0n) is 12.1. The summed E-state index contributed by atoms with van der Waals surface area (Å²) in [6.45, 7) is 2.13. The number of fused-ring (bicyclic) bond motifs is 1. The molecular weight excluding hydrogens is 282 g/mol. The second-order valence-corrected chi connectivity index (χ2v) is 4.94. The number of nitrogens with zero attached hydrogens (tertiary/aromatic N) is 1. The normalized spacial score (nSPS) is 10.8. The van der Waals surface area contributed by atoms with Crippen molar-refractivity contribution in [2.45, 2.75) is 13.3 Å². The van der Waals surface area contributed by atoms with Crippen LogP contribution < -0.4 is 10.9 Å². The molecule has 1 amide bonds. The van der Waals surface area contributed by atoms with Crippen LogP contribution in [0.15, 0.2) is 45.9 Å². The lowest BCUT2D eigenvalue weighted by molar-refractivity contribution is 0.0954. The SMILES string of the molecule is Cc1oc2nc[nH]c(=O)c2c1C(=O)NCCc1ccccc1. The molecule has 1 aromatic carbocycles. The Hall–Kier alpha value is -2.89. The Morgan fingerprint density at radius 2 is 2.09 bits per heavy atom. The third-order valence-corrected chi connectivity index (χ3v) is 3.44. The Kier molecular flexibility index (Phi) is 3.74. The minimum absolute atomic E-state index is 0.175. The lowest BCUT2D eigenvalue weighted by Gasteiger charge is -2.04. The quantitative estimate of drug-likeness (QED) is 0.768. The largest absolute Gasteiger partial charge is 0.442 e. The van der Waals surface area contributed by atoms with Crippen LogP contribution in [0.5, 0.6) is 0 Å². The van der Waals surface area contributed by atoms with Gasteiger partial charge < -0.3 is 14.7 Å². The summed E-state index contributed by atoms with van der Waals surface area (Å²) in [5.41, 5.74) is 1.18. The lowest BCUT2D eigenvalue weighted by atomic mass is 10.1. The number of carbonyl (C=O) groups excluding carboxylic acids is 1. The number of nitrogens with one attached hydrogen (secondary N) is 2. The average molecular weight is 297 g/mol. The fourth-order valence-corrected chi connectivity index (χ4v) is 2.38. The summed E-state index contributed by atoms with van der Waals surface area (Å²) >= 11 is 0. The van der Waals surface area contributed by atoms with Crippen LogP contribution in [0.1, 0.15) is 21.7 Å². The average Bonchev–Trinajstić information content (AvgIpc) is 2.86. The van der Waals surface area contributed by atoms with Gasteiger partial charge in [0.2, 0.25) is 5.71 Å². The Morgan fingerprint density at radius 3 is 2.86 bits per heavy atom. The van der Waals surface area contributed by atoms with Gasteiger partial charge in [-0.05, 0) is 18.9 Å². The summed E-state index contributed by atoms with van der Waals surface area (Å²) in [5.74, 6) is 0.0575. The molecule has 0 unspecified atom stereocenters. The van der Waals surface area contributed by atoms with Crippen molar-refractivity contribution in [1.29, 1.82) is 0 Å². The van der Waals surface area contributed by atoms with Gasteiger partial charge in [-0.3, -0.25) is 9.59 Å². The van der Waals surface area contributed by atoms with E-state index >= 15 is 0 Å². The van der Waals surface area contributed by atoms with Crippen LogP contribution >= 0.6 is 0 Å². The fraction of sp³-hybridized carbons (Fsp3) is 0.188. The van der Waals surface area contributed by atoms with Gasteiger partial charge in [0.1, 0.15) is 11.1 Å². The first-order valence-corrected chi connectivity index (χ1v) is 6.95. The standard InChI is InChI=1S/C16H15N3O3/c1-10-12(13-15(21)18-9-19-16(13)22-10)14(20)17-8-7-11-5-3-2-4-6-11/h2-6,9H,7-8H2,1H3,(H,17,20)(H,18,19,21). The minimum atomic E-state index is -0.380. The highest BCUT2D eigenvalue weighted by Gasteiger charge is 2.21. The summed E-state index contributed by atoms with van der Waals surface area (Å²) in [5, 5.41) is 3.01. The van der Waals surface area contributed by atoms with Crippen molar-refractivity contribution in [3.05, 3.63) is 63.9 Å². The third-order valence-electron chi connectivity index (χ3n) is 3.44. The molecule has 0 aliphatic heterocycles. The molecule has 6 heteroatoms. The first-order chi connectivity index (χ1) is 10.7. The zero-order chi connectivity index (χ0) is 15.5. The van der Waals surface area contributed by atoms with E-state index in [2.05, 4.69) is 15.3 Å². The minimum Gasteiger partial charge on any atom is -0.442 e. The molecule has 2 heterocycles. The van der Waals surface area contributed by atoms with Crippen molar-refractivity contribution in [2.24, 2.45) is 0 Å². The molecule has 0 atom stereocenters. The van der Waals surface area contributed by atoms with Crippen LogP contribution in [0.25, 0.3) is 11.1 Å². The molecule has 0 radical (unpaired) electrons. The highest BCUT2D eigenvalue weighted by molar-refractivity contribution is 6.06. The predicted molar refractivity (Wildman–Crippen MR) is 81.8 cm³/mol. The Labute approximate surface area is 126 Å². The Balaban J connectivity index is 1.78. The van der Waals surface area contributed by atoms with E-state index in [0.717, 1.165) is 12.0 Å². The van der Waals surface area contributed by atoms with E-state index in [-0.39, 0.29) is 28.1 Å². The van der Waals surface area contributed by atoms with E-state index in [1.54, 1.807) is 6.92 Å². The molecule has 0 saturated carbocycles. The van der Waals surface area contributed by atoms with Crippen molar-refractivity contribution in [3.8, 4) is 0 Å². The zero-order valence-corrected chi connectivity index (χ0v) is 12.1. The molecule has 0 aliphatic carbocycles. The van der Waals surface area contributed by atoms with E-state index in [1.165, 1.54) is 6.33 Å². The maximum Gasteiger partial charge on any atom is 0.262 e. The smallest absolute Gasteiger partial charge is 0.262 e. The second-order valence-electron chi connectivity index (χ2n) is 4.94. The van der Waals surface area contributed by atoms with Crippen molar-refractivity contribution in [1.82, 2.24) is 15.3 Å². The van der Waals surface area contributed by atoms with Gasteiger partial charge in [-0.2, -0.15) is 0 Å². The summed E-state index contributed by atoms with van der Waals surface area (Å²) in [4.78, 5) is 30.6. The summed E-state index contributed by atoms with van der Waals surface area (Å²) in [6, 6.07) is 9.85. The molecule has 0 aliphatic rings. The molecule has 3 rings (SSSR count). The van der Waals surface area contributed by atoms with E-state index in [0.29, 0.717) is 12.3 Å². The topological polar surface area (TPSA) is 88.0 Å². The number of amides is 1. The van der Waals surface area contributed by atoms with Gasteiger partial charge >= 0.3 is 0 Å². The van der Waals surface area contributed by atoms with Crippen LogP contribution in [0, 0.1) is 6.92 Å². The Bertz CT molecular complexity index is 865. The van der Waals surface area contributed by atoms with Gasteiger partial charge in [0, 0.05) is 6.54 Å².